The number of nitrogens with zero attached hydrogens (tertiary/aromatic N) is 1. The Hall–Kier alpha value is -3.85. The number of halogens is 6. The number of hydrogen-bond acceptors (Lipinski definition) is 6. The van der Waals surface area contributed by atoms with Crippen LogP contribution in [0.4, 0.5) is 31.1 Å². The molecular formula is C38H37F6NO6P2Ru. The van der Waals surface area contributed by atoms with E-state index in [0.717, 1.165) is 12.6 Å². The number of ether oxygens (including phenoxy) is 1. The Morgan fingerprint density at radius 3 is 1.26 bits per heavy atom. The van der Waals surface area contributed by atoms with Crippen molar-refractivity contribution < 1.29 is 75.2 Å². The van der Waals surface area contributed by atoms with Crippen LogP contribution in [-0.4, -0.2) is 65.3 Å². The molecule has 5 rings (SSSR count). The first-order chi connectivity index (χ1) is 24.8. The van der Waals surface area contributed by atoms with Gasteiger partial charge in [0.25, 0.3) is 0 Å². The van der Waals surface area contributed by atoms with E-state index in [2.05, 4.69) is 126 Å². The van der Waals surface area contributed by atoms with Crippen molar-refractivity contribution in [3.8, 4) is 0 Å². The number of likely N-dealkylation sites (tertiary alicyclic amines) is 1. The number of benzene rings is 4. The van der Waals surface area contributed by atoms with Gasteiger partial charge in [-0.05, 0) is 70.4 Å². The van der Waals surface area contributed by atoms with Gasteiger partial charge in [0, 0.05) is 18.2 Å². The third-order valence-corrected chi connectivity index (χ3v) is 12.9. The molecule has 0 N–H and O–H groups in total. The zero-order valence-corrected chi connectivity index (χ0v) is 32.8. The molecule has 4 aromatic carbocycles. The van der Waals surface area contributed by atoms with Crippen molar-refractivity contribution in [2.24, 2.45) is 0 Å². The van der Waals surface area contributed by atoms with Gasteiger partial charge in [-0.25, -0.2) is 4.79 Å². The average molecular weight is 881 g/mol. The minimum absolute atomic E-state index is 0. The van der Waals surface area contributed by atoms with Crippen LogP contribution in [-0.2, 0) is 33.8 Å². The number of carboxylic acids is 2. The number of carbonyl (C=O) groups is 3. The van der Waals surface area contributed by atoms with Crippen LogP contribution in [0.5, 0.6) is 0 Å². The van der Waals surface area contributed by atoms with Crippen LogP contribution in [0.1, 0.15) is 27.2 Å². The summed E-state index contributed by atoms with van der Waals surface area (Å²) >= 11 is 0. The Kier molecular flexibility index (Phi) is 17.8. The summed E-state index contributed by atoms with van der Waals surface area (Å²) in [4.78, 5) is 33.3. The molecule has 0 saturated carbocycles. The van der Waals surface area contributed by atoms with E-state index in [1.807, 2.05) is 20.8 Å². The Morgan fingerprint density at radius 1 is 0.648 bits per heavy atom. The monoisotopic (exact) mass is 881 g/mol. The van der Waals surface area contributed by atoms with Crippen molar-refractivity contribution in [1.82, 2.24) is 4.90 Å². The van der Waals surface area contributed by atoms with E-state index in [9.17, 15) is 31.1 Å². The second kappa shape index (κ2) is 20.7. The molecule has 0 radical (unpaired) electrons. The van der Waals surface area contributed by atoms with Crippen LogP contribution in [0, 0.1) is 0 Å². The summed E-state index contributed by atoms with van der Waals surface area (Å²) in [6, 6.07) is 43.4. The van der Waals surface area contributed by atoms with Crippen LogP contribution < -0.4 is 31.4 Å². The normalized spacial score (nSPS) is 15.6. The van der Waals surface area contributed by atoms with E-state index in [4.69, 9.17) is 24.5 Å². The summed E-state index contributed by atoms with van der Waals surface area (Å²) in [5.41, 5.74) is -0.182. The first kappa shape index (κ1) is 46.3. The molecule has 1 heterocycles. The van der Waals surface area contributed by atoms with Crippen molar-refractivity contribution in [1.29, 1.82) is 0 Å². The van der Waals surface area contributed by atoms with E-state index >= 15 is 0 Å². The number of alkyl halides is 6. The van der Waals surface area contributed by atoms with E-state index < -0.39 is 45.7 Å². The molecule has 7 nitrogen and oxygen atoms in total. The minimum Gasteiger partial charge on any atom is -0.542 e. The van der Waals surface area contributed by atoms with Crippen LogP contribution >= 0.6 is 15.8 Å². The van der Waals surface area contributed by atoms with Gasteiger partial charge in [0.05, 0.1) is 0 Å². The number of carbonyl (C=O) groups excluding carboxylic acids is 3. The van der Waals surface area contributed by atoms with Gasteiger partial charge in [-0.3, -0.25) is 0 Å². The van der Waals surface area contributed by atoms with Crippen molar-refractivity contribution in [3.63, 3.8) is 0 Å². The molecule has 1 aliphatic rings. The van der Waals surface area contributed by atoms with E-state index in [0.29, 0.717) is 12.2 Å². The maximum absolute atomic E-state index is 13.7. The topological polar surface area (TPSA) is 110 Å². The molecule has 4 aromatic rings. The molecule has 1 fully saturated rings. The fourth-order valence-corrected chi connectivity index (χ4v) is 10.8. The third-order valence-electron chi connectivity index (χ3n) is 7.45. The van der Waals surface area contributed by atoms with Gasteiger partial charge in [0.1, 0.15) is 17.5 Å². The van der Waals surface area contributed by atoms with E-state index in [1.165, 1.54) is 21.2 Å². The van der Waals surface area contributed by atoms with Crippen molar-refractivity contribution in [2.45, 2.75) is 56.8 Å². The first-order valence-corrected chi connectivity index (χ1v) is 19.0. The molecule has 1 saturated heterocycles. The predicted molar refractivity (Wildman–Crippen MR) is 190 cm³/mol. The number of aliphatic carboxylic acids is 2. The average Bonchev–Trinajstić information content (AvgIpc) is 3.51. The summed E-state index contributed by atoms with van der Waals surface area (Å²) in [6.45, 7) is 6.57. The predicted octanol–water partition coefficient (Wildman–Crippen LogP) is 5.22. The maximum Gasteiger partial charge on any atom is 2.00 e. The summed E-state index contributed by atoms with van der Waals surface area (Å²) < 4.78 is 69.1. The van der Waals surface area contributed by atoms with Crippen LogP contribution in [0.2, 0.25) is 0 Å². The molecule has 290 valence electrons. The van der Waals surface area contributed by atoms with Gasteiger partial charge < -0.3 is 29.4 Å². The number of amides is 1. The molecule has 1 aliphatic heterocycles. The van der Waals surface area contributed by atoms with Gasteiger partial charge in [0.2, 0.25) is 0 Å². The second-order valence-corrected chi connectivity index (χ2v) is 17.3. The molecule has 2 atom stereocenters. The van der Waals surface area contributed by atoms with Gasteiger partial charge >= 0.3 is 37.9 Å². The van der Waals surface area contributed by atoms with E-state index in [1.54, 1.807) is 0 Å². The Bertz CT molecular complexity index is 1650. The fourth-order valence-electron chi connectivity index (χ4n) is 5.33. The molecular weight excluding hydrogens is 843 g/mol. The van der Waals surface area contributed by atoms with Gasteiger partial charge in [0.15, 0.2) is 0 Å². The fraction of sp³-hybridized carbons (Fsp3) is 0.289. The SMILES string of the molecule is CC(C)(C)OC(=O)N1C[C@@H](P(c2ccccc2)c2ccccc2)C[C@H]1CP(c1ccccc1)c1ccccc1.O=C([O-])C(F)(F)F.O=C([O-])C(F)(F)F.[Ru+2]. The van der Waals surface area contributed by atoms with Crippen LogP contribution in [0.3, 0.4) is 0 Å². The molecule has 0 bridgehead atoms. The number of carboxylic acid groups (broad SMARTS) is 2. The summed E-state index contributed by atoms with van der Waals surface area (Å²) in [5.74, 6) is -6.01. The molecule has 16 heteroatoms. The maximum atomic E-state index is 13.7. The summed E-state index contributed by atoms with van der Waals surface area (Å²) in [7, 11) is -1.27. The Balaban J connectivity index is 0.000000572. The summed E-state index contributed by atoms with van der Waals surface area (Å²) in [5, 5.41) is 23.0. The summed E-state index contributed by atoms with van der Waals surface area (Å²) in [6.07, 6.45) is -8.69. The minimum atomic E-state index is -5.19. The Morgan fingerprint density at radius 2 is 0.963 bits per heavy atom. The standard InChI is InChI=1S/C34H37NO2P2.2C2HF3O2.Ru/c1-34(2,3)37-33(36)35-25-32(39(30-20-12-6-13-21-30)31-22-14-7-15-23-31)24-27(35)26-38(28-16-8-4-9-17-28)29-18-10-5-11-19-29;2*3-2(4,5)1(6)7;/h4-23,27,32H,24-26H2,1-3H3;2*(H,6,7);/q;;;+2/p-2/t27-,32-;;;/m0.../s1. The smallest absolute Gasteiger partial charge is 0.542 e. The quantitative estimate of drug-likeness (QED) is 0.143. The molecule has 0 aliphatic carbocycles. The molecule has 54 heavy (non-hydrogen) atoms. The van der Waals surface area contributed by atoms with Crippen LogP contribution in [0.15, 0.2) is 121 Å². The van der Waals surface area contributed by atoms with Crippen LogP contribution in [0.25, 0.3) is 0 Å². The zero-order valence-electron chi connectivity index (χ0n) is 29.2. The van der Waals surface area contributed by atoms with E-state index in [-0.39, 0.29) is 31.6 Å². The first-order valence-electron chi connectivity index (χ1n) is 16.1. The third kappa shape index (κ3) is 14.8. The van der Waals surface area contributed by atoms with Crippen molar-refractivity contribution in [2.75, 3.05) is 12.7 Å². The molecule has 0 unspecified atom stereocenters. The number of rotatable bonds is 7. The van der Waals surface area contributed by atoms with Gasteiger partial charge in [-0.2, -0.15) is 26.3 Å². The van der Waals surface area contributed by atoms with Gasteiger partial charge in [-0.15, -0.1) is 0 Å². The zero-order chi connectivity index (χ0) is 39.4. The molecule has 0 spiro atoms. The molecule has 1 amide bonds. The second-order valence-electron chi connectivity index (χ2n) is 12.6. The van der Waals surface area contributed by atoms with Crippen molar-refractivity contribution >= 4 is 55.1 Å². The Labute approximate surface area is 325 Å². The van der Waals surface area contributed by atoms with Gasteiger partial charge in [-0.1, -0.05) is 121 Å². The number of hydrogen-bond donors (Lipinski definition) is 0. The van der Waals surface area contributed by atoms with Crippen molar-refractivity contribution in [3.05, 3.63) is 121 Å². The molecule has 0 aromatic heterocycles. The largest absolute Gasteiger partial charge is 2.00 e.